The maximum atomic E-state index is 4.67. The smallest absolute Gasteiger partial charge is 0.137 e. The van der Waals surface area contributed by atoms with Crippen molar-refractivity contribution in [2.45, 2.75) is 59.5 Å². The van der Waals surface area contributed by atoms with Gasteiger partial charge in [0.2, 0.25) is 0 Å². The molecule has 0 saturated heterocycles. The van der Waals surface area contributed by atoms with Gasteiger partial charge in [-0.3, -0.25) is 0 Å². The van der Waals surface area contributed by atoms with Crippen LogP contribution < -0.4 is 5.32 Å². The average Bonchev–Trinajstić information content (AvgIpc) is 2.75. The summed E-state index contributed by atoms with van der Waals surface area (Å²) in [7, 11) is 0. The number of nitrogens with zero attached hydrogens (tertiary/aromatic N) is 2. The van der Waals surface area contributed by atoms with Gasteiger partial charge in [0.1, 0.15) is 5.65 Å². The molecule has 3 rings (SSSR count). The Morgan fingerprint density at radius 1 is 1.19 bits per heavy atom. The Bertz CT molecular complexity index is 575. The minimum atomic E-state index is 0.429. The molecule has 21 heavy (non-hydrogen) atoms. The Hall–Kier alpha value is -1.35. The van der Waals surface area contributed by atoms with Crippen molar-refractivity contribution in [2.24, 2.45) is 10.8 Å². The Morgan fingerprint density at radius 3 is 2.57 bits per heavy atom. The molecular weight excluding hydrogens is 258 g/mol. The number of hydrogen-bond donors (Lipinski definition) is 1. The van der Waals surface area contributed by atoms with E-state index in [-0.39, 0.29) is 0 Å². The highest BCUT2D eigenvalue weighted by atomic mass is 15.0. The van der Waals surface area contributed by atoms with E-state index in [0.29, 0.717) is 16.9 Å². The number of rotatable bonds is 3. The van der Waals surface area contributed by atoms with Crippen LogP contribution in [0, 0.1) is 10.8 Å². The molecule has 1 N–H and O–H groups in total. The zero-order valence-electron chi connectivity index (χ0n) is 13.7. The molecule has 0 unspecified atom stereocenters. The van der Waals surface area contributed by atoms with Crippen LogP contribution in [0.5, 0.6) is 0 Å². The van der Waals surface area contributed by atoms with Gasteiger partial charge in [0, 0.05) is 25.0 Å². The summed E-state index contributed by atoms with van der Waals surface area (Å²) in [5, 5.41) is 3.73. The fourth-order valence-electron chi connectivity index (χ4n) is 4.31. The third kappa shape index (κ3) is 3.46. The predicted octanol–water partition coefficient (Wildman–Crippen LogP) is 4.03. The fourth-order valence-corrected chi connectivity index (χ4v) is 4.31. The van der Waals surface area contributed by atoms with Crippen LogP contribution in [-0.2, 0) is 6.54 Å². The van der Waals surface area contributed by atoms with Crippen LogP contribution in [0.25, 0.3) is 5.65 Å². The van der Waals surface area contributed by atoms with Crippen molar-refractivity contribution in [3.8, 4) is 0 Å². The van der Waals surface area contributed by atoms with Crippen LogP contribution in [0.4, 0.5) is 0 Å². The summed E-state index contributed by atoms with van der Waals surface area (Å²) >= 11 is 0. The zero-order chi connectivity index (χ0) is 15.1. The van der Waals surface area contributed by atoms with Gasteiger partial charge in [-0.15, -0.1) is 0 Å². The molecule has 0 radical (unpaired) electrons. The molecule has 3 nitrogen and oxygen atoms in total. The Morgan fingerprint density at radius 2 is 1.90 bits per heavy atom. The molecule has 114 valence electrons. The highest BCUT2D eigenvalue weighted by molar-refractivity contribution is 5.39. The molecule has 3 heteroatoms. The van der Waals surface area contributed by atoms with Crippen LogP contribution >= 0.6 is 0 Å². The van der Waals surface area contributed by atoms with Crippen LogP contribution in [0.3, 0.4) is 0 Å². The quantitative estimate of drug-likeness (QED) is 0.922. The predicted molar refractivity (Wildman–Crippen MR) is 87.2 cm³/mol. The molecular formula is C18H27N3. The average molecular weight is 285 g/mol. The maximum absolute atomic E-state index is 4.67. The lowest BCUT2D eigenvalue weighted by atomic mass is 9.63. The second-order valence-corrected chi connectivity index (χ2v) is 8.19. The second-order valence-electron chi connectivity index (χ2n) is 8.19. The van der Waals surface area contributed by atoms with E-state index < -0.39 is 0 Å². The largest absolute Gasteiger partial charge is 0.308 e. The fraction of sp³-hybridized carbons (Fsp3) is 0.611. The zero-order valence-corrected chi connectivity index (χ0v) is 13.7. The molecule has 1 aliphatic carbocycles. The molecule has 1 fully saturated rings. The summed E-state index contributed by atoms with van der Waals surface area (Å²) in [6, 6.07) is 6.72. The van der Waals surface area contributed by atoms with Crippen LogP contribution in [0.2, 0.25) is 0 Å². The highest BCUT2D eigenvalue weighted by Gasteiger charge is 2.38. The molecule has 0 amide bonds. The van der Waals surface area contributed by atoms with E-state index in [0.717, 1.165) is 17.9 Å². The lowest BCUT2D eigenvalue weighted by Crippen LogP contribution is -2.43. The van der Waals surface area contributed by atoms with Crippen LogP contribution in [-0.4, -0.2) is 15.4 Å². The first-order valence-electron chi connectivity index (χ1n) is 7.99. The van der Waals surface area contributed by atoms with Crippen molar-refractivity contribution in [3.05, 3.63) is 36.3 Å². The van der Waals surface area contributed by atoms with E-state index in [1.807, 2.05) is 12.1 Å². The maximum Gasteiger partial charge on any atom is 0.137 e. The van der Waals surface area contributed by atoms with Gasteiger partial charge in [-0.05, 0) is 42.2 Å². The van der Waals surface area contributed by atoms with Gasteiger partial charge in [0.25, 0.3) is 0 Å². The van der Waals surface area contributed by atoms with Crippen molar-refractivity contribution >= 4 is 5.65 Å². The monoisotopic (exact) mass is 285 g/mol. The van der Waals surface area contributed by atoms with E-state index in [1.54, 1.807) is 0 Å². The van der Waals surface area contributed by atoms with Crippen molar-refractivity contribution in [2.75, 3.05) is 0 Å². The van der Waals surface area contributed by atoms with Gasteiger partial charge >= 0.3 is 0 Å². The van der Waals surface area contributed by atoms with Crippen LogP contribution in [0.15, 0.2) is 30.6 Å². The third-order valence-corrected chi connectivity index (χ3v) is 4.54. The topological polar surface area (TPSA) is 29.3 Å². The summed E-state index contributed by atoms with van der Waals surface area (Å²) in [5.41, 5.74) is 3.01. The first-order chi connectivity index (χ1) is 9.83. The minimum Gasteiger partial charge on any atom is -0.308 e. The van der Waals surface area contributed by atoms with Gasteiger partial charge in [0.05, 0.1) is 5.69 Å². The number of pyridine rings is 1. The summed E-state index contributed by atoms with van der Waals surface area (Å²) in [6.07, 6.45) is 8.00. The normalized spacial score (nSPS) is 21.7. The van der Waals surface area contributed by atoms with Crippen molar-refractivity contribution in [3.63, 3.8) is 0 Å². The van der Waals surface area contributed by atoms with Gasteiger partial charge in [-0.2, -0.15) is 0 Å². The SMILES string of the molecule is CC1(C)CC(NCc2cn3ccccc3n2)CC(C)(C)C1. The minimum absolute atomic E-state index is 0.429. The van der Waals surface area contributed by atoms with Gasteiger partial charge < -0.3 is 9.72 Å². The standard InChI is InChI=1S/C18H27N3/c1-17(2)9-14(10-18(3,4)13-17)19-11-15-12-21-8-6-5-7-16(21)20-15/h5-8,12,14,19H,9-11,13H2,1-4H3. The number of hydrogen-bond acceptors (Lipinski definition) is 2. The number of fused-ring (bicyclic) bond motifs is 1. The van der Waals surface area contributed by atoms with Crippen LogP contribution in [0.1, 0.15) is 52.7 Å². The Labute approximate surface area is 127 Å². The van der Waals surface area contributed by atoms with Gasteiger partial charge in [0.15, 0.2) is 0 Å². The van der Waals surface area contributed by atoms with E-state index in [2.05, 4.69) is 60.9 Å². The lowest BCUT2D eigenvalue weighted by molar-refractivity contribution is 0.0843. The third-order valence-electron chi connectivity index (χ3n) is 4.54. The molecule has 0 bridgehead atoms. The second kappa shape index (κ2) is 5.13. The number of nitrogens with one attached hydrogen (secondary N) is 1. The van der Waals surface area contributed by atoms with Crippen molar-refractivity contribution in [1.29, 1.82) is 0 Å². The number of imidazole rings is 1. The van der Waals surface area contributed by atoms with E-state index in [9.17, 15) is 0 Å². The van der Waals surface area contributed by atoms with E-state index >= 15 is 0 Å². The lowest BCUT2D eigenvalue weighted by Gasteiger charge is -2.45. The molecule has 0 aromatic carbocycles. The molecule has 0 aliphatic heterocycles. The van der Waals surface area contributed by atoms with E-state index in [1.165, 1.54) is 19.3 Å². The Balaban J connectivity index is 1.66. The highest BCUT2D eigenvalue weighted by Crippen LogP contribution is 2.45. The van der Waals surface area contributed by atoms with Gasteiger partial charge in [-0.25, -0.2) is 4.98 Å². The molecule has 0 atom stereocenters. The van der Waals surface area contributed by atoms with Crippen molar-refractivity contribution < 1.29 is 0 Å². The molecule has 2 heterocycles. The summed E-state index contributed by atoms with van der Waals surface area (Å²) in [6.45, 7) is 10.4. The molecule has 0 spiro atoms. The molecule has 1 saturated carbocycles. The summed E-state index contributed by atoms with van der Waals surface area (Å²) < 4.78 is 2.09. The summed E-state index contributed by atoms with van der Waals surface area (Å²) in [5.74, 6) is 0. The number of aromatic nitrogens is 2. The molecule has 2 aromatic heterocycles. The van der Waals surface area contributed by atoms with E-state index in [4.69, 9.17) is 0 Å². The first-order valence-corrected chi connectivity index (χ1v) is 7.99. The first kappa shape index (κ1) is 14.6. The van der Waals surface area contributed by atoms with Crippen molar-refractivity contribution in [1.82, 2.24) is 14.7 Å². The molecule has 1 aliphatic rings. The summed E-state index contributed by atoms with van der Waals surface area (Å²) in [4.78, 5) is 4.67. The van der Waals surface area contributed by atoms with Gasteiger partial charge in [-0.1, -0.05) is 33.8 Å². The Kier molecular flexibility index (Phi) is 3.56. The molecule has 2 aromatic rings.